The van der Waals surface area contributed by atoms with Crippen LogP contribution in [0.3, 0.4) is 0 Å². The van der Waals surface area contributed by atoms with Crippen molar-refractivity contribution in [3.8, 4) is 0 Å². The fourth-order valence-electron chi connectivity index (χ4n) is 2.63. The van der Waals surface area contributed by atoms with Crippen LogP contribution in [0.25, 0.3) is 0 Å². The van der Waals surface area contributed by atoms with Gasteiger partial charge in [0.25, 0.3) is 0 Å². The molecule has 1 fully saturated rings. The zero-order valence-corrected chi connectivity index (χ0v) is 10.8. The largest absolute Gasteiger partial charge is 0.387 e. The van der Waals surface area contributed by atoms with E-state index in [1.165, 1.54) is 5.56 Å². The summed E-state index contributed by atoms with van der Waals surface area (Å²) in [6, 6.07) is 10.5. The number of nitrogens with zero attached hydrogens (tertiary/aromatic N) is 2. The van der Waals surface area contributed by atoms with Gasteiger partial charge in [0.1, 0.15) is 0 Å². The molecule has 1 aromatic rings. The Hall–Kier alpha value is -0.900. The van der Waals surface area contributed by atoms with Crippen molar-refractivity contribution in [1.29, 1.82) is 0 Å². The number of benzene rings is 1. The first kappa shape index (κ1) is 12.6. The number of likely N-dealkylation sites (N-methyl/N-ethyl adjacent to an activating group) is 1. The van der Waals surface area contributed by atoms with Gasteiger partial charge in [-0.15, -0.1) is 0 Å². The van der Waals surface area contributed by atoms with E-state index in [-0.39, 0.29) is 0 Å². The molecule has 1 aliphatic rings. The molecular weight excluding hydrogens is 212 g/mol. The second-order valence-corrected chi connectivity index (χ2v) is 5.41. The van der Waals surface area contributed by atoms with Crippen molar-refractivity contribution in [2.45, 2.75) is 18.6 Å². The molecule has 0 amide bonds. The smallest absolute Gasteiger partial charge is 0.0912 e. The molecule has 1 aromatic carbocycles. The summed E-state index contributed by atoms with van der Waals surface area (Å²) < 4.78 is 0. The summed E-state index contributed by atoms with van der Waals surface area (Å²) in [5, 5.41) is 10.4. The molecule has 1 heterocycles. The van der Waals surface area contributed by atoms with Crippen molar-refractivity contribution >= 4 is 0 Å². The number of rotatable bonds is 4. The number of hydrogen-bond donors (Lipinski definition) is 1. The lowest BCUT2D eigenvalue weighted by Crippen LogP contribution is -2.42. The van der Waals surface area contributed by atoms with Gasteiger partial charge in [0.2, 0.25) is 0 Å². The zero-order valence-electron chi connectivity index (χ0n) is 10.8. The molecule has 0 spiro atoms. The van der Waals surface area contributed by atoms with Crippen LogP contribution in [0.1, 0.15) is 12.0 Å². The number of β-amino-alcohol motifs (C(OH)–C–C–N with tert-alkyl or cyclic N) is 1. The summed E-state index contributed by atoms with van der Waals surface area (Å²) in [6.07, 6.45) is 0.873. The standard InChI is InChI=1S/C14H22N2O/c1-15(2)11-14(17)8-9-16(12-14)10-13-6-4-3-5-7-13/h3-7,17H,8-12H2,1-2H3/t14-/m1/s1. The maximum absolute atomic E-state index is 10.4. The quantitative estimate of drug-likeness (QED) is 0.847. The Morgan fingerprint density at radius 2 is 2.00 bits per heavy atom. The van der Waals surface area contributed by atoms with Gasteiger partial charge in [-0.1, -0.05) is 30.3 Å². The lowest BCUT2D eigenvalue weighted by Gasteiger charge is -2.26. The van der Waals surface area contributed by atoms with Crippen molar-refractivity contribution in [2.24, 2.45) is 0 Å². The summed E-state index contributed by atoms with van der Waals surface area (Å²) >= 11 is 0. The highest BCUT2D eigenvalue weighted by Crippen LogP contribution is 2.23. The van der Waals surface area contributed by atoms with E-state index in [0.717, 1.165) is 32.6 Å². The minimum Gasteiger partial charge on any atom is -0.387 e. The second-order valence-electron chi connectivity index (χ2n) is 5.41. The SMILES string of the molecule is CN(C)C[C@]1(O)CCN(Cc2ccccc2)C1. The third-order valence-electron chi connectivity index (χ3n) is 3.27. The van der Waals surface area contributed by atoms with Crippen LogP contribution in [-0.4, -0.2) is 54.2 Å². The Labute approximate surface area is 104 Å². The molecule has 2 rings (SSSR count). The lowest BCUT2D eigenvalue weighted by molar-refractivity contribution is 0.0240. The summed E-state index contributed by atoms with van der Waals surface area (Å²) in [6.45, 7) is 3.45. The average Bonchev–Trinajstić information content (AvgIpc) is 2.60. The Morgan fingerprint density at radius 1 is 1.29 bits per heavy atom. The van der Waals surface area contributed by atoms with Gasteiger partial charge in [-0.3, -0.25) is 4.90 Å². The van der Waals surface area contributed by atoms with Crippen LogP contribution >= 0.6 is 0 Å². The first-order valence-corrected chi connectivity index (χ1v) is 6.21. The number of aliphatic hydroxyl groups is 1. The molecular formula is C14H22N2O. The van der Waals surface area contributed by atoms with Gasteiger partial charge >= 0.3 is 0 Å². The van der Waals surface area contributed by atoms with Gasteiger partial charge in [0.05, 0.1) is 5.60 Å². The van der Waals surface area contributed by atoms with Crippen LogP contribution in [0.15, 0.2) is 30.3 Å². The maximum Gasteiger partial charge on any atom is 0.0912 e. The number of likely N-dealkylation sites (tertiary alicyclic amines) is 1. The summed E-state index contributed by atoms with van der Waals surface area (Å²) in [4.78, 5) is 4.39. The molecule has 0 unspecified atom stereocenters. The van der Waals surface area contributed by atoms with Gasteiger partial charge < -0.3 is 10.0 Å². The fraction of sp³-hybridized carbons (Fsp3) is 0.571. The zero-order chi connectivity index (χ0) is 12.3. The van der Waals surface area contributed by atoms with Gasteiger partial charge in [-0.05, 0) is 26.1 Å². The first-order chi connectivity index (χ1) is 8.07. The molecule has 3 heteroatoms. The molecule has 0 saturated carbocycles. The molecule has 1 N–H and O–H groups in total. The van der Waals surface area contributed by atoms with Crippen molar-refractivity contribution < 1.29 is 5.11 Å². The van der Waals surface area contributed by atoms with E-state index >= 15 is 0 Å². The monoisotopic (exact) mass is 234 g/mol. The van der Waals surface area contributed by atoms with Crippen LogP contribution < -0.4 is 0 Å². The van der Waals surface area contributed by atoms with Crippen molar-refractivity contribution in [1.82, 2.24) is 9.80 Å². The topological polar surface area (TPSA) is 26.7 Å². The molecule has 1 atom stereocenters. The van der Waals surface area contributed by atoms with Gasteiger partial charge in [-0.2, -0.15) is 0 Å². The van der Waals surface area contributed by atoms with E-state index in [2.05, 4.69) is 34.1 Å². The van der Waals surface area contributed by atoms with E-state index in [9.17, 15) is 5.11 Å². The Morgan fingerprint density at radius 3 is 2.65 bits per heavy atom. The Bertz CT molecular complexity index is 352. The molecule has 1 saturated heterocycles. The van der Waals surface area contributed by atoms with E-state index in [0.29, 0.717) is 0 Å². The summed E-state index contributed by atoms with van der Waals surface area (Å²) in [5.74, 6) is 0. The molecule has 0 aromatic heterocycles. The van der Waals surface area contributed by atoms with Crippen LogP contribution in [0.5, 0.6) is 0 Å². The fourth-order valence-corrected chi connectivity index (χ4v) is 2.63. The minimum atomic E-state index is -0.529. The highest BCUT2D eigenvalue weighted by Gasteiger charge is 2.36. The highest BCUT2D eigenvalue weighted by molar-refractivity contribution is 5.15. The molecule has 1 aliphatic heterocycles. The highest BCUT2D eigenvalue weighted by atomic mass is 16.3. The Balaban J connectivity index is 1.90. The van der Waals surface area contributed by atoms with E-state index in [1.54, 1.807) is 0 Å². The van der Waals surface area contributed by atoms with Gasteiger partial charge in [0, 0.05) is 26.2 Å². The molecule has 94 valence electrons. The first-order valence-electron chi connectivity index (χ1n) is 6.21. The maximum atomic E-state index is 10.4. The molecule has 0 bridgehead atoms. The van der Waals surface area contributed by atoms with Gasteiger partial charge in [0.15, 0.2) is 0 Å². The van der Waals surface area contributed by atoms with Gasteiger partial charge in [-0.25, -0.2) is 0 Å². The predicted molar refractivity (Wildman–Crippen MR) is 69.8 cm³/mol. The molecule has 3 nitrogen and oxygen atoms in total. The predicted octanol–water partition coefficient (Wildman–Crippen LogP) is 1.18. The third kappa shape index (κ3) is 3.53. The molecule has 17 heavy (non-hydrogen) atoms. The number of hydrogen-bond acceptors (Lipinski definition) is 3. The van der Waals surface area contributed by atoms with Crippen molar-refractivity contribution in [2.75, 3.05) is 33.7 Å². The third-order valence-corrected chi connectivity index (χ3v) is 3.27. The summed E-state index contributed by atoms with van der Waals surface area (Å²) in [5.41, 5.74) is 0.791. The van der Waals surface area contributed by atoms with E-state index < -0.39 is 5.60 Å². The van der Waals surface area contributed by atoms with Crippen molar-refractivity contribution in [3.63, 3.8) is 0 Å². The van der Waals surface area contributed by atoms with Crippen LogP contribution in [0.2, 0.25) is 0 Å². The van der Waals surface area contributed by atoms with Crippen LogP contribution in [0, 0.1) is 0 Å². The average molecular weight is 234 g/mol. The molecule has 0 radical (unpaired) electrons. The minimum absolute atomic E-state index is 0.529. The van der Waals surface area contributed by atoms with E-state index in [4.69, 9.17) is 0 Å². The van der Waals surface area contributed by atoms with Crippen LogP contribution in [0.4, 0.5) is 0 Å². The Kier molecular flexibility index (Phi) is 3.82. The van der Waals surface area contributed by atoms with Crippen LogP contribution in [-0.2, 0) is 6.54 Å². The molecule has 0 aliphatic carbocycles. The van der Waals surface area contributed by atoms with E-state index in [1.807, 2.05) is 20.2 Å². The normalized spacial score (nSPS) is 25.6. The lowest BCUT2D eigenvalue weighted by atomic mass is 10.0. The van der Waals surface area contributed by atoms with Crippen molar-refractivity contribution in [3.05, 3.63) is 35.9 Å². The second kappa shape index (κ2) is 5.17. The summed E-state index contributed by atoms with van der Waals surface area (Å²) in [7, 11) is 4.02.